The molecule has 1 heterocycles. The van der Waals surface area contributed by atoms with E-state index in [1.807, 2.05) is 0 Å². The first-order chi connectivity index (χ1) is 14.9. The molecule has 0 radical (unpaired) electrons. The number of phenolic OH excluding ortho intramolecular Hbond substituents is 1. The lowest BCUT2D eigenvalue weighted by Crippen LogP contribution is -2.37. The third-order valence-corrected chi connectivity index (χ3v) is 5.17. The van der Waals surface area contributed by atoms with Crippen LogP contribution in [0.3, 0.4) is 0 Å². The van der Waals surface area contributed by atoms with Gasteiger partial charge in [-0.1, -0.05) is 36.4 Å². The SMILES string of the molecule is O=C1Nc2c(C(F)(F)F)cccc2[C@]1(c1ccc(O)cc1)c1ccc(OC(F)(F)F)cc1. The molecule has 166 valence electrons. The van der Waals surface area contributed by atoms with E-state index in [1.54, 1.807) is 0 Å². The van der Waals surface area contributed by atoms with Gasteiger partial charge in [0.2, 0.25) is 5.91 Å². The second-order valence-corrected chi connectivity index (χ2v) is 7.05. The van der Waals surface area contributed by atoms with Crippen LogP contribution in [-0.4, -0.2) is 17.4 Å². The van der Waals surface area contributed by atoms with Gasteiger partial charge in [-0.15, -0.1) is 13.2 Å². The van der Waals surface area contributed by atoms with Gasteiger partial charge in [0, 0.05) is 5.56 Å². The lowest BCUT2D eigenvalue weighted by molar-refractivity contribution is -0.274. The third kappa shape index (κ3) is 3.51. The van der Waals surface area contributed by atoms with Crippen LogP contribution in [-0.2, 0) is 16.4 Å². The van der Waals surface area contributed by atoms with Crippen LogP contribution in [0.5, 0.6) is 11.5 Å². The molecule has 4 nitrogen and oxygen atoms in total. The van der Waals surface area contributed by atoms with Gasteiger partial charge in [-0.05, 0) is 41.5 Å². The van der Waals surface area contributed by atoms with Crippen molar-refractivity contribution in [2.45, 2.75) is 18.0 Å². The molecule has 1 aliphatic rings. The summed E-state index contributed by atoms with van der Waals surface area (Å²) in [4.78, 5) is 13.3. The van der Waals surface area contributed by atoms with Crippen molar-refractivity contribution in [1.29, 1.82) is 0 Å². The molecule has 0 bridgehead atoms. The van der Waals surface area contributed by atoms with E-state index < -0.39 is 40.9 Å². The van der Waals surface area contributed by atoms with Crippen molar-refractivity contribution < 1.29 is 41.0 Å². The predicted molar refractivity (Wildman–Crippen MR) is 101 cm³/mol. The van der Waals surface area contributed by atoms with Gasteiger partial charge < -0.3 is 15.2 Å². The molecule has 1 aliphatic heterocycles. The average Bonchev–Trinajstić information content (AvgIpc) is 3.00. The van der Waals surface area contributed by atoms with Crippen molar-refractivity contribution in [2.75, 3.05) is 5.32 Å². The number of amides is 1. The highest BCUT2D eigenvalue weighted by Crippen LogP contribution is 2.51. The van der Waals surface area contributed by atoms with Gasteiger partial charge in [0.05, 0.1) is 11.3 Å². The number of rotatable bonds is 3. The number of alkyl halides is 6. The number of hydrogen-bond acceptors (Lipinski definition) is 3. The lowest BCUT2D eigenvalue weighted by atomic mass is 9.70. The van der Waals surface area contributed by atoms with E-state index >= 15 is 0 Å². The Morgan fingerprint density at radius 1 is 0.812 bits per heavy atom. The maximum absolute atomic E-state index is 13.6. The summed E-state index contributed by atoms with van der Waals surface area (Å²) in [5.74, 6) is -1.51. The first-order valence-electron chi connectivity index (χ1n) is 9.11. The number of para-hydroxylation sites is 1. The van der Waals surface area contributed by atoms with Crippen molar-refractivity contribution in [3.8, 4) is 11.5 Å². The minimum atomic E-state index is -4.94. The van der Waals surface area contributed by atoms with Gasteiger partial charge in [0.15, 0.2) is 0 Å². The maximum Gasteiger partial charge on any atom is 0.573 e. The Balaban J connectivity index is 1.97. The fourth-order valence-corrected chi connectivity index (χ4v) is 3.92. The number of benzene rings is 3. The van der Waals surface area contributed by atoms with E-state index in [9.17, 15) is 36.2 Å². The molecule has 3 aromatic rings. The molecule has 0 spiro atoms. The number of carbonyl (C=O) groups excluding carboxylic acids is 1. The second-order valence-electron chi connectivity index (χ2n) is 7.05. The Morgan fingerprint density at radius 2 is 1.38 bits per heavy atom. The molecule has 2 N–H and O–H groups in total. The van der Waals surface area contributed by atoms with Gasteiger partial charge in [-0.25, -0.2) is 0 Å². The minimum absolute atomic E-state index is 0.0208. The van der Waals surface area contributed by atoms with Crippen LogP contribution >= 0.6 is 0 Å². The minimum Gasteiger partial charge on any atom is -0.508 e. The topological polar surface area (TPSA) is 58.6 Å². The summed E-state index contributed by atoms with van der Waals surface area (Å²) >= 11 is 0. The van der Waals surface area contributed by atoms with Gasteiger partial charge in [0.25, 0.3) is 0 Å². The number of halogens is 6. The van der Waals surface area contributed by atoms with Crippen LogP contribution in [0, 0.1) is 0 Å². The highest BCUT2D eigenvalue weighted by atomic mass is 19.4. The highest BCUT2D eigenvalue weighted by Gasteiger charge is 2.52. The fourth-order valence-electron chi connectivity index (χ4n) is 3.92. The maximum atomic E-state index is 13.6. The van der Waals surface area contributed by atoms with E-state index in [1.165, 1.54) is 42.5 Å². The number of fused-ring (bicyclic) bond motifs is 1. The fraction of sp³-hybridized carbons (Fsp3) is 0.136. The summed E-state index contributed by atoms with van der Waals surface area (Å²) in [5.41, 5.74) is -2.98. The molecule has 0 unspecified atom stereocenters. The number of ether oxygens (including phenoxy) is 1. The summed E-state index contributed by atoms with van der Waals surface area (Å²) in [5, 5.41) is 11.9. The molecule has 0 aliphatic carbocycles. The zero-order chi connectivity index (χ0) is 23.3. The Kier molecular flexibility index (Phi) is 4.83. The standard InChI is InChI=1S/C22H13F6NO3/c23-21(24,25)17-3-1-2-16-18(17)29-19(31)20(16,12-4-8-14(30)9-5-12)13-6-10-15(11-7-13)32-22(26,27)28/h1-11,30H,(H,29,31)/t20-/m0/s1. The van der Waals surface area contributed by atoms with E-state index in [2.05, 4.69) is 10.1 Å². The molecule has 0 saturated heterocycles. The quantitative estimate of drug-likeness (QED) is 0.508. The largest absolute Gasteiger partial charge is 0.573 e. The predicted octanol–water partition coefficient (Wildman–Crippen LogP) is 5.60. The van der Waals surface area contributed by atoms with Crippen LogP contribution in [0.2, 0.25) is 0 Å². The van der Waals surface area contributed by atoms with Crippen LogP contribution < -0.4 is 10.1 Å². The molecule has 10 heteroatoms. The van der Waals surface area contributed by atoms with Crippen LogP contribution in [0.1, 0.15) is 22.3 Å². The normalized spacial score (nSPS) is 18.2. The number of carbonyl (C=O) groups is 1. The molecule has 4 rings (SSSR count). The summed E-state index contributed by atoms with van der Waals surface area (Å²) in [6.07, 6.45) is -9.69. The summed E-state index contributed by atoms with van der Waals surface area (Å²) in [6, 6.07) is 12.9. The van der Waals surface area contributed by atoms with Gasteiger partial charge in [0.1, 0.15) is 16.9 Å². The molecule has 1 amide bonds. The molecule has 1 atom stereocenters. The summed E-state index contributed by atoms with van der Waals surface area (Å²) < 4.78 is 82.2. The van der Waals surface area contributed by atoms with Crippen molar-refractivity contribution in [3.05, 3.63) is 89.0 Å². The first kappa shape index (κ1) is 21.5. The zero-order valence-electron chi connectivity index (χ0n) is 15.9. The van der Waals surface area contributed by atoms with Crippen LogP contribution in [0.4, 0.5) is 32.0 Å². The number of anilines is 1. The molecule has 0 fully saturated rings. The number of nitrogens with one attached hydrogen (secondary N) is 1. The molecule has 0 aromatic heterocycles. The Bertz CT molecular complexity index is 1170. The summed E-state index contributed by atoms with van der Waals surface area (Å²) in [6.45, 7) is 0. The van der Waals surface area contributed by atoms with Gasteiger partial charge >= 0.3 is 12.5 Å². The van der Waals surface area contributed by atoms with Gasteiger partial charge in [-0.3, -0.25) is 4.79 Å². The summed E-state index contributed by atoms with van der Waals surface area (Å²) in [7, 11) is 0. The van der Waals surface area contributed by atoms with Crippen molar-refractivity contribution in [3.63, 3.8) is 0 Å². The highest BCUT2D eigenvalue weighted by molar-refractivity contribution is 6.12. The molecular weight excluding hydrogens is 440 g/mol. The van der Waals surface area contributed by atoms with Gasteiger partial charge in [-0.2, -0.15) is 13.2 Å². The molecule has 32 heavy (non-hydrogen) atoms. The lowest BCUT2D eigenvalue weighted by Gasteiger charge is -2.29. The molecule has 0 saturated carbocycles. The van der Waals surface area contributed by atoms with Crippen molar-refractivity contribution in [2.24, 2.45) is 0 Å². The average molecular weight is 453 g/mol. The Morgan fingerprint density at radius 3 is 1.91 bits per heavy atom. The number of hydrogen-bond donors (Lipinski definition) is 2. The smallest absolute Gasteiger partial charge is 0.508 e. The van der Waals surface area contributed by atoms with Crippen LogP contribution in [0.15, 0.2) is 66.7 Å². The molecule has 3 aromatic carbocycles. The van der Waals surface area contributed by atoms with E-state index in [0.717, 1.165) is 24.3 Å². The van der Waals surface area contributed by atoms with Crippen molar-refractivity contribution in [1.82, 2.24) is 0 Å². The Labute approximate surface area is 177 Å². The zero-order valence-corrected chi connectivity index (χ0v) is 15.9. The Hall–Kier alpha value is -3.69. The van der Waals surface area contributed by atoms with E-state index in [0.29, 0.717) is 0 Å². The number of aromatic hydroxyl groups is 1. The monoisotopic (exact) mass is 453 g/mol. The van der Waals surface area contributed by atoms with E-state index in [-0.39, 0.29) is 22.4 Å². The van der Waals surface area contributed by atoms with Crippen molar-refractivity contribution >= 4 is 11.6 Å². The van der Waals surface area contributed by atoms with E-state index in [4.69, 9.17) is 0 Å². The molecular formula is C22H13F6NO3. The number of phenols is 1. The second kappa shape index (κ2) is 7.18. The van der Waals surface area contributed by atoms with Crippen LogP contribution in [0.25, 0.3) is 0 Å². The first-order valence-corrected chi connectivity index (χ1v) is 9.11. The third-order valence-electron chi connectivity index (χ3n) is 5.17.